The average Bonchev–Trinajstić information content (AvgIpc) is 2.27. The molecule has 1 unspecified atom stereocenters. The standard InChI is InChI=1S/C8H5ClF10O2/c1-20-5(2-9,7(15,16)17)6(13,14)8(18,19)21-4(12)3(10)11/h2H2,1H3. The molecule has 2 nitrogen and oxygen atoms in total. The van der Waals surface area contributed by atoms with Crippen LogP contribution in [0.5, 0.6) is 0 Å². The molecule has 0 aromatic rings. The predicted octanol–water partition coefficient (Wildman–Crippen LogP) is 4.45. The van der Waals surface area contributed by atoms with Crippen LogP contribution in [0.3, 0.4) is 0 Å². The lowest BCUT2D eigenvalue weighted by Crippen LogP contribution is -2.68. The molecule has 0 amide bonds. The molecule has 0 N–H and O–H groups in total. The van der Waals surface area contributed by atoms with Crippen molar-refractivity contribution in [1.29, 1.82) is 0 Å². The van der Waals surface area contributed by atoms with Crippen LogP contribution in [0.1, 0.15) is 0 Å². The second-order valence-electron chi connectivity index (χ2n) is 3.39. The van der Waals surface area contributed by atoms with E-state index >= 15 is 0 Å². The molecular weight excluding hydrogens is 354 g/mol. The molecule has 0 aliphatic rings. The lowest BCUT2D eigenvalue weighted by atomic mass is 9.95. The second kappa shape index (κ2) is 6.07. The van der Waals surface area contributed by atoms with Crippen LogP contribution in [-0.2, 0) is 9.47 Å². The Bertz CT molecular complexity index is 396. The minimum absolute atomic E-state index is 0.0260. The van der Waals surface area contributed by atoms with Crippen molar-refractivity contribution in [3.8, 4) is 0 Å². The van der Waals surface area contributed by atoms with Crippen molar-refractivity contribution in [3.05, 3.63) is 12.1 Å². The van der Waals surface area contributed by atoms with Gasteiger partial charge in [-0.25, -0.2) is 0 Å². The van der Waals surface area contributed by atoms with Gasteiger partial charge in [0.05, 0.1) is 5.88 Å². The van der Waals surface area contributed by atoms with Crippen LogP contribution < -0.4 is 0 Å². The third kappa shape index (κ3) is 3.30. The first-order valence-corrected chi connectivity index (χ1v) is 5.07. The highest BCUT2D eigenvalue weighted by molar-refractivity contribution is 6.18. The van der Waals surface area contributed by atoms with Gasteiger partial charge < -0.3 is 9.47 Å². The molecule has 21 heavy (non-hydrogen) atoms. The lowest BCUT2D eigenvalue weighted by molar-refractivity contribution is -0.425. The van der Waals surface area contributed by atoms with Crippen LogP contribution in [-0.4, -0.2) is 36.8 Å². The van der Waals surface area contributed by atoms with Crippen LogP contribution in [0.4, 0.5) is 43.9 Å². The third-order valence-electron chi connectivity index (χ3n) is 2.23. The second-order valence-corrected chi connectivity index (χ2v) is 3.66. The minimum atomic E-state index is -6.33. The summed E-state index contributed by atoms with van der Waals surface area (Å²) in [6.45, 7) is 0. The van der Waals surface area contributed by atoms with Gasteiger partial charge >= 0.3 is 30.3 Å². The Morgan fingerprint density at radius 2 is 1.38 bits per heavy atom. The number of hydrogen-bond acceptors (Lipinski definition) is 2. The van der Waals surface area contributed by atoms with E-state index in [1.165, 1.54) is 0 Å². The van der Waals surface area contributed by atoms with Gasteiger partial charge in [0.25, 0.3) is 5.60 Å². The Morgan fingerprint density at radius 3 is 1.62 bits per heavy atom. The minimum Gasteiger partial charge on any atom is -0.398 e. The van der Waals surface area contributed by atoms with Crippen molar-refractivity contribution in [3.63, 3.8) is 0 Å². The molecule has 0 spiro atoms. The Morgan fingerprint density at radius 1 is 0.952 bits per heavy atom. The molecule has 0 aromatic carbocycles. The van der Waals surface area contributed by atoms with Gasteiger partial charge in [-0.1, -0.05) is 0 Å². The summed E-state index contributed by atoms with van der Waals surface area (Å²) in [6.07, 6.45) is -16.1. The van der Waals surface area contributed by atoms with Crippen molar-refractivity contribution < 1.29 is 53.4 Å². The SMILES string of the molecule is COC(CCl)(C(F)(F)F)C(F)(F)C(F)(F)OC(F)=C(F)F. The first kappa shape index (κ1) is 20.1. The van der Waals surface area contributed by atoms with Gasteiger partial charge in [-0.3, -0.25) is 0 Å². The van der Waals surface area contributed by atoms with Gasteiger partial charge in [0.2, 0.25) is 0 Å². The fourth-order valence-electron chi connectivity index (χ4n) is 1.09. The zero-order valence-electron chi connectivity index (χ0n) is 9.68. The Balaban J connectivity index is 5.96. The quantitative estimate of drug-likeness (QED) is 0.397. The van der Waals surface area contributed by atoms with E-state index in [-0.39, 0.29) is 7.11 Å². The van der Waals surface area contributed by atoms with Gasteiger partial charge in [0.15, 0.2) is 0 Å². The first-order valence-electron chi connectivity index (χ1n) is 4.53. The number of rotatable bonds is 6. The van der Waals surface area contributed by atoms with E-state index < -0.39 is 41.8 Å². The van der Waals surface area contributed by atoms with Crippen LogP contribution in [0.2, 0.25) is 0 Å². The highest BCUT2D eigenvalue weighted by atomic mass is 35.5. The molecule has 126 valence electrons. The molecule has 1 atom stereocenters. The molecular formula is C8H5ClF10O2. The Kier molecular flexibility index (Phi) is 5.80. The summed E-state index contributed by atoms with van der Waals surface area (Å²) in [6, 6.07) is -3.47. The van der Waals surface area contributed by atoms with Crippen LogP contribution in [0.15, 0.2) is 12.1 Å². The zero-order valence-corrected chi connectivity index (χ0v) is 10.4. The average molecular weight is 359 g/mol. The lowest BCUT2D eigenvalue weighted by Gasteiger charge is -2.40. The van der Waals surface area contributed by atoms with Crippen LogP contribution >= 0.6 is 11.6 Å². The monoisotopic (exact) mass is 358 g/mol. The predicted molar refractivity (Wildman–Crippen MR) is 47.8 cm³/mol. The molecule has 0 saturated heterocycles. The number of halogens is 11. The van der Waals surface area contributed by atoms with Gasteiger partial charge in [-0.2, -0.15) is 43.9 Å². The maximum absolute atomic E-state index is 13.4. The van der Waals surface area contributed by atoms with Gasteiger partial charge in [-0.15, -0.1) is 11.6 Å². The summed E-state index contributed by atoms with van der Waals surface area (Å²) < 4.78 is 131. The van der Waals surface area contributed by atoms with Crippen molar-refractivity contribution in [2.45, 2.75) is 23.8 Å². The summed E-state index contributed by atoms with van der Waals surface area (Å²) in [5, 5.41) is 0. The number of ether oxygens (including phenoxy) is 2. The fourth-order valence-corrected chi connectivity index (χ4v) is 1.51. The maximum Gasteiger partial charge on any atom is 0.469 e. The van der Waals surface area contributed by atoms with E-state index in [2.05, 4.69) is 21.1 Å². The maximum atomic E-state index is 13.4. The third-order valence-corrected chi connectivity index (χ3v) is 2.61. The van der Waals surface area contributed by atoms with Crippen molar-refractivity contribution in [2.24, 2.45) is 0 Å². The van der Waals surface area contributed by atoms with Gasteiger partial charge in [0.1, 0.15) is 0 Å². The number of methoxy groups -OCH3 is 1. The summed E-state index contributed by atoms with van der Waals surface area (Å²) in [4.78, 5) is 0. The molecule has 0 fully saturated rings. The molecule has 0 aromatic heterocycles. The molecule has 0 radical (unpaired) electrons. The van der Waals surface area contributed by atoms with Crippen molar-refractivity contribution >= 4 is 11.6 Å². The summed E-state index contributed by atoms with van der Waals surface area (Å²) in [5.41, 5.74) is -5.00. The first-order chi connectivity index (χ1) is 9.20. The van der Waals surface area contributed by atoms with Crippen LogP contribution in [0, 0.1) is 0 Å². The van der Waals surface area contributed by atoms with E-state index in [1.807, 2.05) is 0 Å². The molecule has 13 heteroatoms. The van der Waals surface area contributed by atoms with E-state index in [0.717, 1.165) is 0 Å². The fraction of sp³-hybridized carbons (Fsp3) is 0.750. The van der Waals surface area contributed by atoms with Gasteiger partial charge in [-0.05, 0) is 0 Å². The largest absolute Gasteiger partial charge is 0.469 e. The van der Waals surface area contributed by atoms with Crippen molar-refractivity contribution in [1.82, 2.24) is 0 Å². The normalized spacial score (nSPS) is 16.4. The zero-order chi connectivity index (χ0) is 17.3. The smallest absolute Gasteiger partial charge is 0.398 e. The molecule has 0 aliphatic heterocycles. The molecule has 0 saturated carbocycles. The summed E-state index contributed by atoms with van der Waals surface area (Å²) >= 11 is 4.63. The Labute approximate surface area is 115 Å². The van der Waals surface area contributed by atoms with Crippen molar-refractivity contribution in [2.75, 3.05) is 13.0 Å². The highest BCUT2D eigenvalue weighted by Gasteiger charge is 2.81. The topological polar surface area (TPSA) is 18.5 Å². The molecule has 0 rings (SSSR count). The number of alkyl halides is 8. The molecule has 0 bridgehead atoms. The molecule has 0 heterocycles. The Hall–Kier alpha value is -0.910. The van der Waals surface area contributed by atoms with Crippen LogP contribution in [0.25, 0.3) is 0 Å². The summed E-state index contributed by atoms with van der Waals surface area (Å²) in [5.74, 6) is -8.58. The highest BCUT2D eigenvalue weighted by Crippen LogP contribution is 2.53. The van der Waals surface area contributed by atoms with E-state index in [0.29, 0.717) is 0 Å². The van der Waals surface area contributed by atoms with E-state index in [9.17, 15) is 43.9 Å². The number of hydrogen-bond donors (Lipinski definition) is 0. The van der Waals surface area contributed by atoms with E-state index in [1.54, 1.807) is 0 Å². The van der Waals surface area contributed by atoms with Gasteiger partial charge in [0, 0.05) is 7.11 Å². The summed E-state index contributed by atoms with van der Waals surface area (Å²) in [7, 11) is -0.0260. The van der Waals surface area contributed by atoms with E-state index in [4.69, 9.17) is 0 Å². The molecule has 0 aliphatic carbocycles.